The summed E-state index contributed by atoms with van der Waals surface area (Å²) in [4.78, 5) is 22.4. The van der Waals surface area contributed by atoms with Crippen molar-refractivity contribution in [2.24, 2.45) is 0 Å². The minimum absolute atomic E-state index is 0.0710. The lowest BCUT2D eigenvalue weighted by atomic mass is 10.1. The highest BCUT2D eigenvalue weighted by Gasteiger charge is 2.27. The van der Waals surface area contributed by atoms with Crippen molar-refractivity contribution >= 4 is 22.8 Å². The number of halogens is 1. The summed E-state index contributed by atoms with van der Waals surface area (Å²) in [6.07, 6.45) is 4.40. The Morgan fingerprint density at radius 2 is 2.00 bits per heavy atom. The number of rotatable bonds is 7. The average Bonchev–Trinajstić information content (AvgIpc) is 3.34. The van der Waals surface area contributed by atoms with Gasteiger partial charge in [-0.1, -0.05) is 36.8 Å². The summed E-state index contributed by atoms with van der Waals surface area (Å²) in [5.74, 6) is 6.99. The van der Waals surface area contributed by atoms with E-state index in [4.69, 9.17) is 20.3 Å². The van der Waals surface area contributed by atoms with Crippen molar-refractivity contribution in [2.45, 2.75) is 25.5 Å². The molecule has 0 saturated carbocycles. The molecule has 5 rings (SSSR count). The van der Waals surface area contributed by atoms with E-state index < -0.39 is 0 Å². The lowest BCUT2D eigenvalue weighted by Gasteiger charge is -2.32. The Morgan fingerprint density at radius 3 is 2.82 bits per heavy atom. The summed E-state index contributed by atoms with van der Waals surface area (Å²) >= 11 is 0. The van der Waals surface area contributed by atoms with Gasteiger partial charge in [0.2, 0.25) is 5.91 Å². The molecule has 39 heavy (non-hydrogen) atoms. The summed E-state index contributed by atoms with van der Waals surface area (Å²) in [5.41, 5.74) is 7.66. The van der Waals surface area contributed by atoms with Gasteiger partial charge in [-0.3, -0.25) is 4.79 Å². The summed E-state index contributed by atoms with van der Waals surface area (Å²) in [7, 11) is 0. The molecule has 198 valence electrons. The molecule has 0 radical (unpaired) electrons. The van der Waals surface area contributed by atoms with E-state index in [1.54, 1.807) is 52.0 Å². The molecule has 0 spiro atoms. The van der Waals surface area contributed by atoms with Crippen LogP contribution in [0.2, 0.25) is 0 Å². The second kappa shape index (κ2) is 11.6. The first-order valence-electron chi connectivity index (χ1n) is 12.5. The molecule has 1 amide bonds. The maximum atomic E-state index is 13.8. The van der Waals surface area contributed by atoms with Gasteiger partial charge in [-0.2, -0.15) is 5.10 Å². The van der Waals surface area contributed by atoms with Gasteiger partial charge in [-0.15, -0.1) is 0 Å². The number of nitrogen functional groups attached to an aromatic ring is 1. The number of aromatic nitrogens is 4. The predicted octanol–water partition coefficient (Wildman–Crippen LogP) is 3.91. The SMILES string of the molecule is C=CC(=O)N1CCCC(n2nc(C#CCOc3cccc(OCc4ccccc4F)c3)c3c(N)ncnc32)C1. The average molecular weight is 527 g/mol. The van der Waals surface area contributed by atoms with Crippen molar-refractivity contribution in [2.75, 3.05) is 25.4 Å². The quantitative estimate of drug-likeness (QED) is 0.287. The fraction of sp³-hybridized carbons (Fsp3) is 0.241. The van der Waals surface area contributed by atoms with Gasteiger partial charge in [-0.05, 0) is 43.0 Å². The number of nitrogens with two attached hydrogens (primary N) is 1. The summed E-state index contributed by atoms with van der Waals surface area (Å²) < 4.78 is 27.1. The van der Waals surface area contributed by atoms with E-state index in [-0.39, 0.29) is 36.8 Å². The molecule has 0 bridgehead atoms. The van der Waals surface area contributed by atoms with E-state index in [1.807, 2.05) is 0 Å². The van der Waals surface area contributed by atoms with Gasteiger partial charge in [0.15, 0.2) is 5.65 Å². The fourth-order valence-electron chi connectivity index (χ4n) is 4.49. The van der Waals surface area contributed by atoms with Crippen LogP contribution in [0.1, 0.15) is 30.1 Å². The Morgan fingerprint density at radius 1 is 1.18 bits per heavy atom. The third-order valence-electron chi connectivity index (χ3n) is 6.42. The van der Waals surface area contributed by atoms with Gasteiger partial charge in [-0.25, -0.2) is 19.0 Å². The molecule has 0 aliphatic carbocycles. The van der Waals surface area contributed by atoms with Gasteiger partial charge in [0, 0.05) is 24.7 Å². The number of nitrogens with zero attached hydrogens (tertiary/aromatic N) is 5. The minimum Gasteiger partial charge on any atom is -0.489 e. The monoisotopic (exact) mass is 526 g/mol. The van der Waals surface area contributed by atoms with Crippen LogP contribution < -0.4 is 15.2 Å². The largest absolute Gasteiger partial charge is 0.489 e. The number of ether oxygens (including phenoxy) is 2. The van der Waals surface area contributed by atoms with Gasteiger partial charge >= 0.3 is 0 Å². The van der Waals surface area contributed by atoms with Gasteiger partial charge < -0.3 is 20.1 Å². The highest BCUT2D eigenvalue weighted by molar-refractivity contribution is 5.90. The van der Waals surface area contributed by atoms with E-state index in [9.17, 15) is 9.18 Å². The Kier molecular flexibility index (Phi) is 7.68. The van der Waals surface area contributed by atoms with Crippen molar-refractivity contribution in [3.63, 3.8) is 0 Å². The number of anilines is 1. The predicted molar refractivity (Wildman–Crippen MR) is 144 cm³/mol. The number of fused-ring (bicyclic) bond motifs is 1. The van der Waals surface area contributed by atoms with Crippen LogP contribution in [0, 0.1) is 17.7 Å². The number of amides is 1. The zero-order valence-corrected chi connectivity index (χ0v) is 21.2. The zero-order chi connectivity index (χ0) is 27.2. The zero-order valence-electron chi connectivity index (χ0n) is 21.2. The maximum absolute atomic E-state index is 13.8. The van der Waals surface area contributed by atoms with E-state index >= 15 is 0 Å². The second-order valence-corrected chi connectivity index (χ2v) is 8.98. The number of hydrogen-bond donors (Lipinski definition) is 1. The van der Waals surface area contributed by atoms with Crippen LogP contribution in [0.4, 0.5) is 10.2 Å². The molecule has 1 aliphatic rings. The van der Waals surface area contributed by atoms with Gasteiger partial charge in [0.25, 0.3) is 0 Å². The molecule has 3 heterocycles. The first kappa shape index (κ1) is 25.7. The van der Waals surface area contributed by atoms with E-state index in [0.717, 1.165) is 12.8 Å². The van der Waals surface area contributed by atoms with Crippen LogP contribution in [-0.2, 0) is 11.4 Å². The molecular formula is C29H27FN6O3. The molecule has 2 aromatic carbocycles. The fourth-order valence-corrected chi connectivity index (χ4v) is 4.49. The molecule has 4 aromatic rings. The number of hydrogen-bond acceptors (Lipinski definition) is 7. The number of benzene rings is 2. The normalized spacial score (nSPS) is 14.9. The van der Waals surface area contributed by atoms with E-state index in [1.165, 1.54) is 18.5 Å². The van der Waals surface area contributed by atoms with Crippen molar-refractivity contribution in [1.82, 2.24) is 24.6 Å². The van der Waals surface area contributed by atoms with Crippen molar-refractivity contribution in [3.8, 4) is 23.3 Å². The smallest absolute Gasteiger partial charge is 0.246 e. The standard InChI is InChI=1S/C29H27FN6O3/c1-2-26(37)35-14-6-9-21(17-35)36-29-27(28(31)32-19-33-29)25(34-36)13-7-15-38-22-10-5-11-23(16-22)39-18-20-8-3-4-12-24(20)30/h2-5,8,10-12,16,19,21H,1,6,9,14-15,17-18H2,(H2,31,32,33). The van der Waals surface area contributed by atoms with Crippen LogP contribution in [-0.4, -0.2) is 50.3 Å². The van der Waals surface area contributed by atoms with Crippen molar-refractivity contribution < 1.29 is 18.7 Å². The van der Waals surface area contributed by atoms with E-state index in [0.29, 0.717) is 46.9 Å². The van der Waals surface area contributed by atoms with Crippen LogP contribution in [0.5, 0.6) is 11.5 Å². The molecular weight excluding hydrogens is 499 g/mol. The van der Waals surface area contributed by atoms with Gasteiger partial charge in [0.05, 0.1) is 11.4 Å². The Labute approximate surface area is 225 Å². The molecule has 1 aliphatic heterocycles. The summed E-state index contributed by atoms with van der Waals surface area (Å²) in [6.45, 7) is 4.96. The molecule has 10 heteroatoms. The lowest BCUT2D eigenvalue weighted by molar-refractivity contribution is -0.127. The number of likely N-dealkylation sites (tertiary alicyclic amines) is 1. The topological polar surface area (TPSA) is 108 Å². The molecule has 9 nitrogen and oxygen atoms in total. The van der Waals surface area contributed by atoms with Crippen molar-refractivity contribution in [1.29, 1.82) is 0 Å². The highest BCUT2D eigenvalue weighted by atomic mass is 19.1. The minimum atomic E-state index is -0.313. The van der Waals surface area contributed by atoms with Crippen LogP contribution in [0.3, 0.4) is 0 Å². The molecule has 2 N–H and O–H groups in total. The molecule has 1 fully saturated rings. The third kappa shape index (κ3) is 5.83. The Bertz CT molecular complexity index is 1570. The number of carbonyl (C=O) groups is 1. The summed E-state index contributed by atoms with van der Waals surface area (Å²) in [6, 6.07) is 13.5. The molecule has 1 saturated heterocycles. The molecule has 1 atom stereocenters. The molecule has 1 unspecified atom stereocenters. The number of piperidine rings is 1. The number of carbonyl (C=O) groups excluding carboxylic acids is 1. The van der Waals surface area contributed by atoms with Gasteiger partial charge in [0.1, 0.15) is 48.4 Å². The van der Waals surface area contributed by atoms with Crippen molar-refractivity contribution in [3.05, 3.63) is 84.6 Å². The van der Waals surface area contributed by atoms with E-state index in [2.05, 4.69) is 28.4 Å². The van der Waals surface area contributed by atoms with Crippen LogP contribution in [0.15, 0.2) is 67.5 Å². The third-order valence-corrected chi connectivity index (χ3v) is 6.42. The lowest BCUT2D eigenvalue weighted by Crippen LogP contribution is -2.40. The summed E-state index contributed by atoms with van der Waals surface area (Å²) in [5, 5.41) is 5.27. The second-order valence-electron chi connectivity index (χ2n) is 8.98. The first-order valence-corrected chi connectivity index (χ1v) is 12.5. The molecule has 2 aromatic heterocycles. The van der Waals surface area contributed by atoms with Crippen LogP contribution in [0.25, 0.3) is 11.0 Å². The highest BCUT2D eigenvalue weighted by Crippen LogP contribution is 2.28. The Hall–Kier alpha value is -4.91. The maximum Gasteiger partial charge on any atom is 0.246 e. The Balaban J connectivity index is 1.29. The van der Waals surface area contributed by atoms with Crippen LogP contribution >= 0.6 is 0 Å². The first-order chi connectivity index (χ1) is 19.0.